The van der Waals surface area contributed by atoms with Crippen LogP contribution in [0.2, 0.25) is 0 Å². The molecule has 2 rings (SSSR count). The number of hydrogen-bond acceptors (Lipinski definition) is 3. The molecule has 5 nitrogen and oxygen atoms in total. The highest BCUT2D eigenvalue weighted by Gasteiger charge is 2.26. The van der Waals surface area contributed by atoms with Gasteiger partial charge in [-0.2, -0.15) is 4.31 Å². The lowest BCUT2D eigenvalue weighted by atomic mass is 10.2. The molecule has 0 saturated carbocycles. The van der Waals surface area contributed by atoms with E-state index in [9.17, 15) is 13.2 Å². The molecule has 1 N–H and O–H groups in total. The van der Waals surface area contributed by atoms with Gasteiger partial charge in [-0.1, -0.05) is 19.4 Å². The van der Waals surface area contributed by atoms with Crippen LogP contribution in [0.3, 0.4) is 0 Å². The van der Waals surface area contributed by atoms with Gasteiger partial charge >= 0.3 is 0 Å². The standard InChI is InChI=1S/C16H24N2O3S/c1-3-7-16(19)17-15-12-14(9-8-13(15)2)22(20,21)18-10-5-4-6-11-18/h8-9,12H,3-7,10-11H2,1-2H3,(H,17,19). The molecule has 1 aliphatic rings. The van der Waals surface area contributed by atoms with Crippen LogP contribution in [0.15, 0.2) is 23.1 Å². The molecule has 6 heteroatoms. The zero-order valence-corrected chi connectivity index (χ0v) is 14.1. The summed E-state index contributed by atoms with van der Waals surface area (Å²) < 4.78 is 26.9. The van der Waals surface area contributed by atoms with E-state index in [-0.39, 0.29) is 10.8 Å². The van der Waals surface area contributed by atoms with E-state index in [2.05, 4.69) is 5.32 Å². The highest BCUT2D eigenvalue weighted by atomic mass is 32.2. The minimum atomic E-state index is -3.47. The summed E-state index contributed by atoms with van der Waals surface area (Å²) in [5, 5.41) is 2.80. The van der Waals surface area contributed by atoms with Gasteiger partial charge in [0.2, 0.25) is 15.9 Å². The average Bonchev–Trinajstić information content (AvgIpc) is 2.50. The second-order valence-corrected chi connectivity index (χ2v) is 7.68. The number of benzene rings is 1. The third-order valence-corrected chi connectivity index (χ3v) is 5.81. The SMILES string of the molecule is CCCC(=O)Nc1cc(S(=O)(=O)N2CCCCC2)ccc1C. The van der Waals surface area contributed by atoms with Crippen molar-refractivity contribution in [3.63, 3.8) is 0 Å². The summed E-state index contributed by atoms with van der Waals surface area (Å²) in [5.74, 6) is -0.0851. The first-order valence-corrected chi connectivity index (χ1v) is 9.30. The Balaban J connectivity index is 2.26. The highest BCUT2D eigenvalue weighted by molar-refractivity contribution is 7.89. The molecule has 22 heavy (non-hydrogen) atoms. The van der Waals surface area contributed by atoms with Crippen molar-refractivity contribution in [3.8, 4) is 0 Å². The van der Waals surface area contributed by atoms with Crippen LogP contribution in [0.5, 0.6) is 0 Å². The minimum Gasteiger partial charge on any atom is -0.326 e. The van der Waals surface area contributed by atoms with Crippen molar-refractivity contribution in [1.29, 1.82) is 0 Å². The number of piperidine rings is 1. The predicted molar refractivity (Wildman–Crippen MR) is 87.3 cm³/mol. The van der Waals surface area contributed by atoms with Crippen molar-refractivity contribution in [2.45, 2.75) is 50.8 Å². The number of rotatable bonds is 5. The quantitative estimate of drug-likeness (QED) is 0.905. The van der Waals surface area contributed by atoms with E-state index in [1.807, 2.05) is 13.8 Å². The van der Waals surface area contributed by atoms with E-state index in [1.165, 1.54) is 0 Å². The molecule has 1 fully saturated rings. The number of aryl methyl sites for hydroxylation is 1. The molecule has 0 aliphatic carbocycles. The van der Waals surface area contributed by atoms with Gasteiger partial charge in [0.25, 0.3) is 0 Å². The number of nitrogens with one attached hydrogen (secondary N) is 1. The van der Waals surface area contributed by atoms with E-state index in [0.717, 1.165) is 31.2 Å². The van der Waals surface area contributed by atoms with E-state index in [4.69, 9.17) is 0 Å². The van der Waals surface area contributed by atoms with Gasteiger partial charge < -0.3 is 5.32 Å². The van der Waals surface area contributed by atoms with Crippen LogP contribution in [0.1, 0.15) is 44.6 Å². The van der Waals surface area contributed by atoms with Gasteiger partial charge in [-0.05, 0) is 43.9 Å². The molecule has 0 unspecified atom stereocenters. The number of carbonyl (C=O) groups excluding carboxylic acids is 1. The molecule has 122 valence electrons. The summed E-state index contributed by atoms with van der Waals surface area (Å²) in [6, 6.07) is 4.94. The Morgan fingerprint density at radius 3 is 2.55 bits per heavy atom. The van der Waals surface area contributed by atoms with Crippen LogP contribution in [0, 0.1) is 6.92 Å². The first-order chi connectivity index (χ1) is 10.4. The van der Waals surface area contributed by atoms with E-state index >= 15 is 0 Å². The van der Waals surface area contributed by atoms with Crippen molar-refractivity contribution >= 4 is 21.6 Å². The van der Waals surface area contributed by atoms with Gasteiger partial charge in [-0.3, -0.25) is 4.79 Å². The number of anilines is 1. The normalized spacial score (nSPS) is 16.5. The van der Waals surface area contributed by atoms with Gasteiger partial charge in [0.1, 0.15) is 0 Å². The average molecular weight is 324 g/mol. The fraction of sp³-hybridized carbons (Fsp3) is 0.562. The van der Waals surface area contributed by atoms with Crippen LogP contribution < -0.4 is 5.32 Å². The number of carbonyl (C=O) groups is 1. The molecule has 1 aromatic rings. The Labute approximate surface area is 132 Å². The second-order valence-electron chi connectivity index (χ2n) is 5.74. The maximum absolute atomic E-state index is 12.7. The van der Waals surface area contributed by atoms with E-state index in [1.54, 1.807) is 22.5 Å². The third kappa shape index (κ3) is 3.87. The maximum atomic E-state index is 12.7. The molecule has 0 bridgehead atoms. The van der Waals surface area contributed by atoms with Crippen LogP contribution >= 0.6 is 0 Å². The van der Waals surface area contributed by atoms with Gasteiger partial charge in [-0.15, -0.1) is 0 Å². The number of hydrogen-bond donors (Lipinski definition) is 1. The summed E-state index contributed by atoms with van der Waals surface area (Å²) in [5.41, 5.74) is 1.44. The maximum Gasteiger partial charge on any atom is 0.243 e. The topological polar surface area (TPSA) is 66.5 Å². The van der Waals surface area contributed by atoms with Crippen LogP contribution in [0.25, 0.3) is 0 Å². The lowest BCUT2D eigenvalue weighted by molar-refractivity contribution is -0.116. The van der Waals surface area contributed by atoms with E-state index < -0.39 is 10.0 Å². The number of nitrogens with zero attached hydrogens (tertiary/aromatic N) is 1. The Hall–Kier alpha value is -1.40. The van der Waals surface area contributed by atoms with Gasteiger partial charge in [0.15, 0.2) is 0 Å². The van der Waals surface area contributed by atoms with Crippen molar-refractivity contribution in [2.24, 2.45) is 0 Å². The van der Waals surface area contributed by atoms with E-state index in [0.29, 0.717) is 25.2 Å². The monoisotopic (exact) mass is 324 g/mol. The molecule has 1 heterocycles. The Kier molecular flexibility index (Phi) is 5.58. The Morgan fingerprint density at radius 1 is 1.23 bits per heavy atom. The molecule has 1 saturated heterocycles. The zero-order chi connectivity index (χ0) is 16.2. The number of sulfonamides is 1. The van der Waals surface area contributed by atoms with Gasteiger partial charge in [0.05, 0.1) is 4.90 Å². The molecule has 0 aromatic heterocycles. The Bertz CT molecular complexity index is 635. The van der Waals surface area contributed by atoms with Crippen molar-refractivity contribution < 1.29 is 13.2 Å². The smallest absolute Gasteiger partial charge is 0.243 e. The number of amides is 1. The summed E-state index contributed by atoms with van der Waals surface area (Å²) >= 11 is 0. The summed E-state index contributed by atoms with van der Waals surface area (Å²) in [6.45, 7) is 4.95. The van der Waals surface area contributed by atoms with Crippen molar-refractivity contribution in [2.75, 3.05) is 18.4 Å². The summed E-state index contributed by atoms with van der Waals surface area (Å²) in [7, 11) is -3.47. The molecule has 0 spiro atoms. The lowest BCUT2D eigenvalue weighted by Crippen LogP contribution is -2.35. The molecule has 1 aliphatic heterocycles. The van der Waals surface area contributed by atoms with Crippen molar-refractivity contribution in [3.05, 3.63) is 23.8 Å². The highest BCUT2D eigenvalue weighted by Crippen LogP contribution is 2.25. The predicted octanol–water partition coefficient (Wildman–Crippen LogP) is 2.91. The molecule has 0 radical (unpaired) electrons. The summed E-state index contributed by atoms with van der Waals surface area (Å²) in [4.78, 5) is 12.0. The van der Waals surface area contributed by atoms with Crippen LogP contribution in [-0.4, -0.2) is 31.7 Å². The molecule has 1 amide bonds. The molecular formula is C16H24N2O3S. The third-order valence-electron chi connectivity index (χ3n) is 3.91. The first kappa shape index (κ1) is 17.0. The second kappa shape index (κ2) is 7.24. The fourth-order valence-corrected chi connectivity index (χ4v) is 4.13. The van der Waals surface area contributed by atoms with Crippen LogP contribution in [0.4, 0.5) is 5.69 Å². The van der Waals surface area contributed by atoms with Gasteiger partial charge in [0, 0.05) is 25.2 Å². The molecule has 0 atom stereocenters. The van der Waals surface area contributed by atoms with Crippen molar-refractivity contribution in [1.82, 2.24) is 4.31 Å². The fourth-order valence-electron chi connectivity index (χ4n) is 2.59. The molecule has 1 aromatic carbocycles. The largest absolute Gasteiger partial charge is 0.326 e. The molecular weight excluding hydrogens is 300 g/mol. The minimum absolute atomic E-state index is 0.0851. The summed E-state index contributed by atoms with van der Waals surface area (Å²) in [6.07, 6.45) is 4.09. The van der Waals surface area contributed by atoms with Gasteiger partial charge in [-0.25, -0.2) is 8.42 Å². The van der Waals surface area contributed by atoms with Crippen LogP contribution in [-0.2, 0) is 14.8 Å². The lowest BCUT2D eigenvalue weighted by Gasteiger charge is -2.26. The Morgan fingerprint density at radius 2 is 1.91 bits per heavy atom. The first-order valence-electron chi connectivity index (χ1n) is 7.86. The zero-order valence-electron chi connectivity index (χ0n) is 13.3.